The van der Waals surface area contributed by atoms with Crippen molar-refractivity contribution in [1.82, 2.24) is 0 Å². The summed E-state index contributed by atoms with van der Waals surface area (Å²) in [5.74, 6) is 0.629. The van der Waals surface area contributed by atoms with Gasteiger partial charge >= 0.3 is 0 Å². The highest BCUT2D eigenvalue weighted by Crippen LogP contribution is 2.32. The summed E-state index contributed by atoms with van der Waals surface area (Å²) in [5, 5.41) is 7.03. The summed E-state index contributed by atoms with van der Waals surface area (Å²) in [4.78, 5) is 13.0. The van der Waals surface area contributed by atoms with E-state index in [1.54, 1.807) is 12.1 Å². The van der Waals surface area contributed by atoms with E-state index in [0.717, 1.165) is 29.7 Å². The second kappa shape index (κ2) is 10.1. The number of carbonyl (C=O) groups is 1. The molecule has 1 amide bonds. The molecule has 0 saturated carbocycles. The predicted molar refractivity (Wildman–Crippen MR) is 148 cm³/mol. The van der Waals surface area contributed by atoms with Crippen LogP contribution in [0.1, 0.15) is 18.1 Å². The van der Waals surface area contributed by atoms with E-state index in [1.165, 1.54) is 5.01 Å². The molecule has 4 rings (SSSR count). The van der Waals surface area contributed by atoms with Gasteiger partial charge in [-0.05, 0) is 100 Å². The van der Waals surface area contributed by atoms with Crippen LogP contribution in [0.3, 0.4) is 0 Å². The number of anilines is 1. The molecule has 0 aliphatic carbocycles. The van der Waals surface area contributed by atoms with Crippen LogP contribution < -0.4 is 9.75 Å². The van der Waals surface area contributed by atoms with Gasteiger partial charge in [0.25, 0.3) is 5.91 Å². The van der Waals surface area contributed by atoms with Gasteiger partial charge < -0.3 is 4.74 Å². The summed E-state index contributed by atoms with van der Waals surface area (Å²) in [6.07, 6.45) is 1.87. The van der Waals surface area contributed by atoms with Gasteiger partial charge in [0.2, 0.25) is 0 Å². The Hall–Kier alpha value is -1.62. The third kappa shape index (κ3) is 5.13. The average molecular weight is 689 g/mol. The standard InChI is InChI=1S/C24H16Cl2I2N2O2/c1-14-19(24(31)30(29-14)18-5-3-2-4-6-18)9-15-10-21(27)23(22(28)11-15)32-13-16-7-8-17(25)12-20(16)26/h2-12H,13H2,1H3/b19-9+. The Morgan fingerprint density at radius 3 is 2.38 bits per heavy atom. The van der Waals surface area contributed by atoms with Crippen molar-refractivity contribution in [2.24, 2.45) is 5.10 Å². The first-order valence-corrected chi connectivity index (χ1v) is 12.5. The van der Waals surface area contributed by atoms with E-state index in [2.05, 4.69) is 50.3 Å². The van der Waals surface area contributed by atoms with Crippen molar-refractivity contribution in [3.63, 3.8) is 0 Å². The maximum Gasteiger partial charge on any atom is 0.280 e. The zero-order valence-corrected chi connectivity index (χ0v) is 22.6. The maximum absolute atomic E-state index is 13.0. The van der Waals surface area contributed by atoms with Crippen molar-refractivity contribution < 1.29 is 9.53 Å². The lowest BCUT2D eigenvalue weighted by Crippen LogP contribution is -2.21. The second-order valence-corrected chi connectivity index (χ2v) is 10.2. The van der Waals surface area contributed by atoms with Crippen LogP contribution in [0.4, 0.5) is 5.69 Å². The van der Waals surface area contributed by atoms with E-state index >= 15 is 0 Å². The van der Waals surface area contributed by atoms with Gasteiger partial charge in [-0.1, -0.05) is 47.5 Å². The Kier molecular flexibility index (Phi) is 7.44. The first-order chi connectivity index (χ1) is 15.3. The number of carbonyl (C=O) groups excluding carboxylic acids is 1. The molecule has 0 unspecified atom stereocenters. The maximum atomic E-state index is 13.0. The Bertz CT molecular complexity index is 1240. The number of nitrogens with zero attached hydrogens (tertiary/aromatic N) is 2. The molecule has 3 aromatic carbocycles. The molecule has 4 nitrogen and oxygen atoms in total. The molecule has 0 spiro atoms. The van der Waals surface area contributed by atoms with Gasteiger partial charge in [-0.25, -0.2) is 0 Å². The van der Waals surface area contributed by atoms with Gasteiger partial charge in [-0.3, -0.25) is 4.79 Å². The monoisotopic (exact) mass is 688 g/mol. The molecule has 3 aromatic rings. The van der Waals surface area contributed by atoms with E-state index < -0.39 is 0 Å². The van der Waals surface area contributed by atoms with Crippen molar-refractivity contribution in [2.75, 3.05) is 5.01 Å². The van der Waals surface area contributed by atoms with Crippen LogP contribution in [0.2, 0.25) is 10.0 Å². The molecule has 162 valence electrons. The normalized spacial score (nSPS) is 14.8. The zero-order valence-electron chi connectivity index (χ0n) is 16.8. The number of amides is 1. The van der Waals surface area contributed by atoms with Gasteiger partial charge in [0.05, 0.1) is 24.1 Å². The highest BCUT2D eigenvalue weighted by Gasteiger charge is 2.28. The molecule has 0 radical (unpaired) electrons. The minimum Gasteiger partial charge on any atom is -0.487 e. The molecule has 32 heavy (non-hydrogen) atoms. The molecule has 8 heteroatoms. The highest BCUT2D eigenvalue weighted by atomic mass is 127. The van der Waals surface area contributed by atoms with Gasteiger partial charge in [0.15, 0.2) is 0 Å². The fourth-order valence-electron chi connectivity index (χ4n) is 3.18. The molecular weight excluding hydrogens is 673 g/mol. The first kappa shape index (κ1) is 23.5. The Balaban J connectivity index is 1.56. The quantitative estimate of drug-likeness (QED) is 0.205. The number of halogens is 4. The topological polar surface area (TPSA) is 41.9 Å². The third-order valence-electron chi connectivity index (χ3n) is 4.78. The SMILES string of the molecule is CC1=NN(c2ccccc2)C(=O)/C1=C/c1cc(I)c(OCc2ccc(Cl)cc2Cl)c(I)c1. The highest BCUT2D eigenvalue weighted by molar-refractivity contribution is 14.1. The van der Waals surface area contributed by atoms with Crippen LogP contribution in [0.25, 0.3) is 6.08 Å². The Morgan fingerprint density at radius 1 is 1.03 bits per heavy atom. The number of rotatable bonds is 5. The summed E-state index contributed by atoms with van der Waals surface area (Å²) < 4.78 is 7.93. The van der Waals surface area contributed by atoms with Crippen LogP contribution in [0.15, 0.2) is 71.3 Å². The summed E-state index contributed by atoms with van der Waals surface area (Å²) in [7, 11) is 0. The number of hydrazone groups is 1. The molecule has 0 N–H and O–H groups in total. The van der Waals surface area contributed by atoms with Gasteiger partial charge in [0.1, 0.15) is 12.4 Å². The lowest BCUT2D eigenvalue weighted by Gasteiger charge is -2.13. The fourth-order valence-corrected chi connectivity index (χ4v) is 5.78. The summed E-state index contributed by atoms with van der Waals surface area (Å²) in [5.41, 5.74) is 3.76. The molecule has 1 aliphatic heterocycles. The van der Waals surface area contributed by atoms with E-state index in [1.807, 2.05) is 61.5 Å². The van der Waals surface area contributed by atoms with Crippen LogP contribution in [-0.2, 0) is 11.4 Å². The molecule has 0 saturated heterocycles. The van der Waals surface area contributed by atoms with Crippen LogP contribution in [0.5, 0.6) is 5.75 Å². The lowest BCUT2D eigenvalue weighted by atomic mass is 10.1. The third-order valence-corrected chi connectivity index (χ3v) is 6.97. The Labute approximate surface area is 223 Å². The number of hydrogen-bond donors (Lipinski definition) is 0. The summed E-state index contributed by atoms with van der Waals surface area (Å²) >= 11 is 16.7. The van der Waals surface area contributed by atoms with Crippen molar-refractivity contribution in [2.45, 2.75) is 13.5 Å². The van der Waals surface area contributed by atoms with Crippen molar-refractivity contribution in [3.05, 3.63) is 94.5 Å². The average Bonchev–Trinajstić information content (AvgIpc) is 3.03. The number of para-hydroxylation sites is 1. The minimum absolute atomic E-state index is 0.142. The van der Waals surface area contributed by atoms with Crippen molar-refractivity contribution in [3.8, 4) is 5.75 Å². The van der Waals surface area contributed by atoms with E-state index in [0.29, 0.717) is 27.9 Å². The molecule has 0 bridgehead atoms. The minimum atomic E-state index is -0.142. The number of benzene rings is 3. The largest absolute Gasteiger partial charge is 0.487 e. The fraction of sp³-hybridized carbons (Fsp3) is 0.0833. The van der Waals surface area contributed by atoms with Crippen LogP contribution >= 0.6 is 68.4 Å². The van der Waals surface area contributed by atoms with Gasteiger partial charge in [0, 0.05) is 15.6 Å². The van der Waals surface area contributed by atoms with Crippen molar-refractivity contribution >= 4 is 91.8 Å². The smallest absolute Gasteiger partial charge is 0.280 e. The number of ether oxygens (including phenoxy) is 1. The van der Waals surface area contributed by atoms with Crippen molar-refractivity contribution in [1.29, 1.82) is 0 Å². The second-order valence-electron chi connectivity index (χ2n) is 7.03. The summed E-state index contributed by atoms with van der Waals surface area (Å²) in [6.45, 7) is 2.18. The molecule has 1 heterocycles. The molecule has 0 aromatic heterocycles. The van der Waals surface area contributed by atoms with Crippen LogP contribution in [0, 0.1) is 7.14 Å². The van der Waals surface area contributed by atoms with E-state index in [-0.39, 0.29) is 5.91 Å². The molecule has 0 atom stereocenters. The van der Waals surface area contributed by atoms with Crippen LogP contribution in [-0.4, -0.2) is 11.6 Å². The van der Waals surface area contributed by atoms with E-state index in [9.17, 15) is 4.79 Å². The molecule has 0 fully saturated rings. The predicted octanol–water partition coefficient (Wildman–Crippen LogP) is 7.59. The molecule has 1 aliphatic rings. The van der Waals surface area contributed by atoms with E-state index in [4.69, 9.17) is 27.9 Å². The van der Waals surface area contributed by atoms with Gasteiger partial charge in [-0.15, -0.1) is 0 Å². The first-order valence-electron chi connectivity index (χ1n) is 9.56. The van der Waals surface area contributed by atoms with Gasteiger partial charge in [-0.2, -0.15) is 10.1 Å². The molecular formula is C24H16Cl2I2N2O2. The number of hydrogen-bond acceptors (Lipinski definition) is 3. The Morgan fingerprint density at radius 2 is 1.72 bits per heavy atom. The summed E-state index contributed by atoms with van der Waals surface area (Å²) in [6, 6.07) is 18.7. The zero-order chi connectivity index (χ0) is 22.8. The lowest BCUT2D eigenvalue weighted by molar-refractivity contribution is -0.114.